The van der Waals surface area contributed by atoms with Crippen LogP contribution in [0, 0.1) is 0 Å². The number of hydrogen-bond acceptors (Lipinski definition) is 5. The highest BCUT2D eigenvalue weighted by atomic mass is 32.2. The molecule has 0 atom stereocenters. The number of sulfonamides is 1. The highest BCUT2D eigenvalue weighted by Gasteiger charge is 2.24. The molecule has 0 unspecified atom stereocenters. The van der Waals surface area contributed by atoms with Gasteiger partial charge in [0.2, 0.25) is 10.0 Å². The third-order valence-electron chi connectivity index (χ3n) is 3.09. The lowest BCUT2D eigenvalue weighted by Crippen LogP contribution is -2.30. The van der Waals surface area contributed by atoms with E-state index in [-0.39, 0.29) is 11.4 Å². The summed E-state index contributed by atoms with van der Waals surface area (Å²) in [4.78, 5) is 0.166. The first-order chi connectivity index (χ1) is 9.45. The molecule has 0 aliphatic heterocycles. The Morgan fingerprint density at radius 2 is 1.75 bits per heavy atom. The maximum absolute atomic E-state index is 12.5. The quantitative estimate of drug-likeness (QED) is 0.818. The summed E-state index contributed by atoms with van der Waals surface area (Å²) in [6.07, 6.45) is 0. The Bertz CT molecular complexity index is 528. The van der Waals surface area contributed by atoms with Crippen LogP contribution in [0.4, 0.5) is 0 Å². The zero-order valence-electron chi connectivity index (χ0n) is 12.3. The molecular formula is C13H22N2O4S. The summed E-state index contributed by atoms with van der Waals surface area (Å²) in [5, 5.41) is 0. The molecule has 114 valence electrons. The summed E-state index contributed by atoms with van der Waals surface area (Å²) in [6, 6.07) is 3.00. The number of hydrogen-bond donors (Lipinski definition) is 1. The Hall–Kier alpha value is -1.31. The fourth-order valence-electron chi connectivity index (χ4n) is 2.03. The van der Waals surface area contributed by atoms with Crippen molar-refractivity contribution in [3.8, 4) is 11.5 Å². The van der Waals surface area contributed by atoms with Gasteiger partial charge in [0.05, 0.1) is 19.1 Å². The first kappa shape index (κ1) is 16.7. The normalized spacial score (nSPS) is 11.7. The topological polar surface area (TPSA) is 81.9 Å². The maximum Gasteiger partial charge on any atom is 0.243 e. The van der Waals surface area contributed by atoms with E-state index in [2.05, 4.69) is 0 Å². The van der Waals surface area contributed by atoms with Gasteiger partial charge >= 0.3 is 0 Å². The fraction of sp³-hybridized carbons (Fsp3) is 0.538. The van der Waals surface area contributed by atoms with Crippen molar-refractivity contribution in [2.24, 2.45) is 5.73 Å². The monoisotopic (exact) mass is 302 g/mol. The van der Waals surface area contributed by atoms with Crippen LogP contribution in [0.1, 0.15) is 19.4 Å². The van der Waals surface area contributed by atoms with Gasteiger partial charge < -0.3 is 15.2 Å². The summed E-state index contributed by atoms with van der Waals surface area (Å²) in [7, 11) is -0.589. The standard InChI is InChI=1S/C13H22N2O4S/c1-5-15(6-2)20(16,17)11-7-10(9-14)13(19-4)12(8-11)18-3/h7-8H,5-6,9,14H2,1-4H3. The molecule has 0 heterocycles. The second-order valence-corrected chi connectivity index (χ2v) is 6.05. The largest absolute Gasteiger partial charge is 0.493 e. The molecule has 1 aromatic rings. The van der Waals surface area contributed by atoms with Gasteiger partial charge in [-0.3, -0.25) is 0 Å². The molecule has 1 aromatic carbocycles. The summed E-state index contributed by atoms with van der Waals surface area (Å²) in [5.74, 6) is 0.828. The molecule has 6 nitrogen and oxygen atoms in total. The second-order valence-electron chi connectivity index (χ2n) is 4.11. The van der Waals surface area contributed by atoms with Gasteiger partial charge in [-0.15, -0.1) is 0 Å². The lowest BCUT2D eigenvalue weighted by molar-refractivity contribution is 0.350. The van der Waals surface area contributed by atoms with Crippen LogP contribution in [0.5, 0.6) is 11.5 Å². The fourth-order valence-corrected chi connectivity index (χ4v) is 3.55. The van der Waals surface area contributed by atoms with E-state index >= 15 is 0 Å². The van der Waals surface area contributed by atoms with Gasteiger partial charge in [0.15, 0.2) is 11.5 Å². The second kappa shape index (κ2) is 6.92. The van der Waals surface area contributed by atoms with Gasteiger partial charge in [0.25, 0.3) is 0 Å². The lowest BCUT2D eigenvalue weighted by Gasteiger charge is -2.20. The highest BCUT2D eigenvalue weighted by molar-refractivity contribution is 7.89. The van der Waals surface area contributed by atoms with Crippen molar-refractivity contribution in [1.29, 1.82) is 0 Å². The van der Waals surface area contributed by atoms with E-state index < -0.39 is 10.0 Å². The van der Waals surface area contributed by atoms with Gasteiger partial charge in [-0.1, -0.05) is 13.8 Å². The van der Waals surface area contributed by atoms with Crippen LogP contribution in [0.15, 0.2) is 17.0 Å². The van der Waals surface area contributed by atoms with Gasteiger partial charge in [0.1, 0.15) is 0 Å². The zero-order chi connectivity index (χ0) is 15.3. The molecule has 0 radical (unpaired) electrons. The van der Waals surface area contributed by atoms with Crippen molar-refractivity contribution >= 4 is 10.0 Å². The molecule has 0 amide bonds. The first-order valence-electron chi connectivity index (χ1n) is 6.41. The predicted molar refractivity (Wildman–Crippen MR) is 77.5 cm³/mol. The Kier molecular flexibility index (Phi) is 5.79. The average Bonchev–Trinajstić information content (AvgIpc) is 2.46. The van der Waals surface area contributed by atoms with Crippen molar-refractivity contribution in [3.63, 3.8) is 0 Å². The van der Waals surface area contributed by atoms with E-state index in [9.17, 15) is 8.42 Å². The average molecular weight is 302 g/mol. The smallest absolute Gasteiger partial charge is 0.243 e. The van der Waals surface area contributed by atoms with E-state index in [1.807, 2.05) is 0 Å². The molecule has 2 N–H and O–H groups in total. The molecule has 0 fully saturated rings. The minimum Gasteiger partial charge on any atom is -0.493 e. The van der Waals surface area contributed by atoms with Gasteiger partial charge in [-0.05, 0) is 6.07 Å². The Labute approximate surface area is 120 Å². The minimum absolute atomic E-state index is 0.166. The molecule has 0 aliphatic carbocycles. The van der Waals surface area contributed by atoms with Crippen LogP contribution >= 0.6 is 0 Å². The van der Waals surface area contributed by atoms with E-state index in [0.29, 0.717) is 30.2 Å². The maximum atomic E-state index is 12.5. The van der Waals surface area contributed by atoms with Crippen molar-refractivity contribution in [1.82, 2.24) is 4.31 Å². The van der Waals surface area contributed by atoms with Crippen LogP contribution in [0.25, 0.3) is 0 Å². The Morgan fingerprint density at radius 3 is 2.15 bits per heavy atom. The van der Waals surface area contributed by atoms with Crippen molar-refractivity contribution in [3.05, 3.63) is 17.7 Å². The van der Waals surface area contributed by atoms with Gasteiger partial charge in [-0.2, -0.15) is 4.31 Å². The first-order valence-corrected chi connectivity index (χ1v) is 7.85. The van der Waals surface area contributed by atoms with E-state index in [1.54, 1.807) is 13.8 Å². The van der Waals surface area contributed by atoms with E-state index in [1.165, 1.54) is 30.7 Å². The molecule has 0 saturated carbocycles. The predicted octanol–water partition coefficient (Wildman–Crippen LogP) is 1.19. The number of nitrogens with two attached hydrogens (primary N) is 1. The number of benzene rings is 1. The number of rotatable bonds is 7. The van der Waals surface area contributed by atoms with E-state index in [0.717, 1.165) is 0 Å². The lowest BCUT2D eigenvalue weighted by atomic mass is 10.2. The summed E-state index contributed by atoms with van der Waals surface area (Å²) in [5.41, 5.74) is 6.25. The summed E-state index contributed by atoms with van der Waals surface area (Å²) in [6.45, 7) is 4.58. The molecule has 1 rings (SSSR count). The number of ether oxygens (including phenoxy) is 2. The Balaban J connectivity index is 3.47. The summed E-state index contributed by atoms with van der Waals surface area (Å²) >= 11 is 0. The van der Waals surface area contributed by atoms with Crippen molar-refractivity contribution in [2.45, 2.75) is 25.3 Å². The molecule has 0 spiro atoms. The highest BCUT2D eigenvalue weighted by Crippen LogP contribution is 2.34. The van der Waals surface area contributed by atoms with Crippen molar-refractivity contribution < 1.29 is 17.9 Å². The van der Waals surface area contributed by atoms with Crippen molar-refractivity contribution in [2.75, 3.05) is 27.3 Å². The molecule has 7 heteroatoms. The third-order valence-corrected chi connectivity index (χ3v) is 5.12. The molecule has 0 bridgehead atoms. The van der Waals surface area contributed by atoms with Crippen LogP contribution in [-0.4, -0.2) is 40.0 Å². The third kappa shape index (κ3) is 3.05. The van der Waals surface area contributed by atoms with Crippen LogP contribution in [0.3, 0.4) is 0 Å². The molecule has 0 aromatic heterocycles. The molecular weight excluding hydrogens is 280 g/mol. The zero-order valence-corrected chi connectivity index (χ0v) is 13.2. The van der Waals surface area contributed by atoms with Gasteiger partial charge in [0, 0.05) is 31.3 Å². The molecule has 0 aliphatic rings. The van der Waals surface area contributed by atoms with Crippen LogP contribution in [-0.2, 0) is 16.6 Å². The van der Waals surface area contributed by atoms with Gasteiger partial charge in [-0.25, -0.2) is 8.42 Å². The molecule has 20 heavy (non-hydrogen) atoms. The van der Waals surface area contributed by atoms with Crippen LogP contribution < -0.4 is 15.2 Å². The van der Waals surface area contributed by atoms with E-state index in [4.69, 9.17) is 15.2 Å². The number of methoxy groups -OCH3 is 2. The Morgan fingerprint density at radius 1 is 1.15 bits per heavy atom. The van der Waals surface area contributed by atoms with Crippen LogP contribution in [0.2, 0.25) is 0 Å². The summed E-state index contributed by atoms with van der Waals surface area (Å²) < 4.78 is 36.8. The minimum atomic E-state index is -3.55. The number of nitrogens with zero attached hydrogens (tertiary/aromatic N) is 1. The molecule has 0 saturated heterocycles. The SMILES string of the molecule is CCN(CC)S(=O)(=O)c1cc(CN)c(OC)c(OC)c1.